The number of carbonyl (C=O) groups excluding carboxylic acids is 2. The molecule has 3 rings (SSSR count). The Balaban J connectivity index is 1.55. The van der Waals surface area contributed by atoms with E-state index in [0.29, 0.717) is 0 Å². The normalized spacial score (nSPS) is 12.8. The Hall–Kier alpha value is -2.57. The molecule has 1 N–H and O–H groups in total. The van der Waals surface area contributed by atoms with Crippen molar-refractivity contribution in [2.24, 2.45) is 0 Å². The van der Waals surface area contributed by atoms with Crippen molar-refractivity contribution in [3.8, 4) is 0 Å². The van der Waals surface area contributed by atoms with E-state index in [4.69, 9.17) is 4.74 Å². The summed E-state index contributed by atoms with van der Waals surface area (Å²) >= 11 is 2.98. The first kappa shape index (κ1) is 20.2. The molecular weight excluding hydrogens is 390 g/mol. The van der Waals surface area contributed by atoms with Crippen LogP contribution in [0.25, 0.3) is 0 Å². The maximum Gasteiger partial charge on any atom is 0.319 e. The minimum absolute atomic E-state index is 0.261. The topological polar surface area (TPSA) is 55.4 Å². The fraction of sp³-hybridized carbons (Fsp3) is 0.182. The van der Waals surface area contributed by atoms with Crippen LogP contribution >= 0.6 is 23.1 Å². The first-order valence-corrected chi connectivity index (χ1v) is 10.7. The lowest BCUT2D eigenvalue weighted by atomic mass is 10.1. The molecular formula is C22H21NO3S2. The lowest BCUT2D eigenvalue weighted by Crippen LogP contribution is -2.33. The Bertz CT molecular complexity index is 883. The molecule has 28 heavy (non-hydrogen) atoms. The van der Waals surface area contributed by atoms with Gasteiger partial charge in [0.05, 0.1) is 6.04 Å². The number of esters is 1. The monoisotopic (exact) mass is 411 g/mol. The highest BCUT2D eigenvalue weighted by Gasteiger charge is 2.20. The summed E-state index contributed by atoms with van der Waals surface area (Å²) in [5.74, 6) is -0.732. The third-order valence-corrected chi connectivity index (χ3v) is 6.03. The molecule has 1 aromatic heterocycles. The predicted octanol–water partition coefficient (Wildman–Crippen LogP) is 4.68. The van der Waals surface area contributed by atoms with E-state index in [1.807, 2.05) is 78.2 Å². The molecule has 0 bridgehead atoms. The molecule has 3 aromatic rings. The molecule has 2 atom stereocenters. The van der Waals surface area contributed by atoms with Gasteiger partial charge in [0.25, 0.3) is 5.91 Å². The van der Waals surface area contributed by atoms with E-state index in [1.54, 1.807) is 18.3 Å². The second-order valence-corrected chi connectivity index (χ2v) is 8.50. The Morgan fingerprint density at radius 2 is 1.68 bits per heavy atom. The zero-order valence-corrected chi connectivity index (χ0v) is 17.0. The number of hydrogen-bond donors (Lipinski definition) is 1. The fourth-order valence-corrected chi connectivity index (χ4v) is 4.32. The molecule has 0 saturated heterocycles. The van der Waals surface area contributed by atoms with Crippen molar-refractivity contribution in [1.82, 2.24) is 5.32 Å². The molecule has 0 unspecified atom stereocenters. The molecule has 1 amide bonds. The second kappa shape index (κ2) is 10.1. The summed E-state index contributed by atoms with van der Waals surface area (Å²) in [6.07, 6.45) is 0. The van der Waals surface area contributed by atoms with Gasteiger partial charge in [-0.2, -0.15) is 0 Å². The van der Waals surface area contributed by atoms with Crippen LogP contribution in [0.4, 0.5) is 0 Å². The highest BCUT2D eigenvalue weighted by Crippen LogP contribution is 2.26. The lowest BCUT2D eigenvalue weighted by molar-refractivity contribution is -0.147. The van der Waals surface area contributed by atoms with Gasteiger partial charge in [-0.1, -0.05) is 54.6 Å². The van der Waals surface area contributed by atoms with Gasteiger partial charge in [-0.3, -0.25) is 9.59 Å². The molecule has 0 aliphatic carbocycles. The number of amides is 1. The van der Waals surface area contributed by atoms with E-state index in [1.165, 1.54) is 11.8 Å². The molecule has 0 spiro atoms. The highest BCUT2D eigenvalue weighted by molar-refractivity contribution is 8.00. The SMILES string of the molecule is C[C@H](Sc1ccccc1)C(=O)OCC(=O)N[C@@H](c1ccccc1)c1cccs1. The number of thiophene rings is 1. The van der Waals surface area contributed by atoms with Crippen molar-refractivity contribution in [3.05, 3.63) is 88.6 Å². The number of ether oxygens (including phenoxy) is 1. The van der Waals surface area contributed by atoms with Gasteiger partial charge in [0.15, 0.2) is 6.61 Å². The van der Waals surface area contributed by atoms with Crippen molar-refractivity contribution in [2.75, 3.05) is 6.61 Å². The standard InChI is InChI=1S/C22H21NO3S2/c1-16(28-18-11-6-3-7-12-18)22(25)26-15-20(24)23-21(19-13-8-14-27-19)17-9-4-2-5-10-17/h2-14,16,21H,15H2,1H3,(H,23,24)/t16-,21-/m0/s1. The van der Waals surface area contributed by atoms with Crippen molar-refractivity contribution in [3.63, 3.8) is 0 Å². The Morgan fingerprint density at radius 3 is 2.32 bits per heavy atom. The second-order valence-electron chi connectivity index (χ2n) is 6.11. The van der Waals surface area contributed by atoms with Crippen molar-refractivity contribution < 1.29 is 14.3 Å². The van der Waals surface area contributed by atoms with Crippen LogP contribution in [0.5, 0.6) is 0 Å². The van der Waals surface area contributed by atoms with Gasteiger partial charge in [0.2, 0.25) is 0 Å². The molecule has 0 fully saturated rings. The zero-order chi connectivity index (χ0) is 19.8. The van der Waals surface area contributed by atoms with Gasteiger partial charge in [-0.05, 0) is 36.1 Å². The molecule has 6 heteroatoms. The van der Waals surface area contributed by atoms with Crippen LogP contribution in [-0.4, -0.2) is 23.7 Å². The predicted molar refractivity (Wildman–Crippen MR) is 113 cm³/mol. The summed E-state index contributed by atoms with van der Waals surface area (Å²) in [5, 5.41) is 4.55. The van der Waals surface area contributed by atoms with E-state index >= 15 is 0 Å². The average Bonchev–Trinajstić information content (AvgIpc) is 3.26. The first-order valence-electron chi connectivity index (χ1n) is 8.89. The Kier molecular flexibility index (Phi) is 7.28. The van der Waals surface area contributed by atoms with E-state index in [2.05, 4.69) is 5.32 Å². The minimum Gasteiger partial charge on any atom is -0.455 e. The number of nitrogens with one attached hydrogen (secondary N) is 1. The quantitative estimate of drug-likeness (QED) is 0.432. The summed E-state index contributed by atoms with van der Waals surface area (Å²) in [4.78, 5) is 26.6. The molecule has 0 aliphatic heterocycles. The molecule has 0 aliphatic rings. The smallest absolute Gasteiger partial charge is 0.319 e. The van der Waals surface area contributed by atoms with Crippen molar-refractivity contribution >= 4 is 35.0 Å². The molecule has 0 radical (unpaired) electrons. The largest absolute Gasteiger partial charge is 0.455 e. The average molecular weight is 412 g/mol. The number of carbonyl (C=O) groups is 2. The molecule has 2 aromatic carbocycles. The minimum atomic E-state index is -0.406. The van der Waals surface area contributed by atoms with Crippen molar-refractivity contribution in [2.45, 2.75) is 23.1 Å². The van der Waals surface area contributed by atoms with Crippen LogP contribution in [0, 0.1) is 0 Å². The van der Waals surface area contributed by atoms with Crippen LogP contribution in [0.15, 0.2) is 83.1 Å². The molecule has 0 saturated carbocycles. The molecule has 4 nitrogen and oxygen atoms in total. The number of hydrogen-bond acceptors (Lipinski definition) is 5. The fourth-order valence-electron chi connectivity index (χ4n) is 2.63. The van der Waals surface area contributed by atoms with Crippen molar-refractivity contribution in [1.29, 1.82) is 0 Å². The van der Waals surface area contributed by atoms with Crippen LogP contribution in [-0.2, 0) is 14.3 Å². The summed E-state index contributed by atoms with van der Waals surface area (Å²) in [6, 6.07) is 23.0. The maximum atomic E-state index is 12.4. The zero-order valence-electron chi connectivity index (χ0n) is 15.4. The van der Waals surface area contributed by atoms with Crippen LogP contribution in [0.1, 0.15) is 23.4 Å². The van der Waals surface area contributed by atoms with Gasteiger partial charge in [0, 0.05) is 9.77 Å². The van der Waals surface area contributed by atoms with Gasteiger partial charge in [0.1, 0.15) is 5.25 Å². The summed E-state index contributed by atoms with van der Waals surface area (Å²) < 4.78 is 5.22. The van der Waals surface area contributed by atoms with Crippen LogP contribution < -0.4 is 5.32 Å². The van der Waals surface area contributed by atoms with Gasteiger partial charge in [-0.15, -0.1) is 23.1 Å². The Morgan fingerprint density at radius 1 is 1.00 bits per heavy atom. The highest BCUT2D eigenvalue weighted by atomic mass is 32.2. The third kappa shape index (κ3) is 5.71. The van der Waals surface area contributed by atoms with Gasteiger partial charge < -0.3 is 10.1 Å². The van der Waals surface area contributed by atoms with Gasteiger partial charge in [-0.25, -0.2) is 0 Å². The van der Waals surface area contributed by atoms with E-state index in [0.717, 1.165) is 15.3 Å². The number of rotatable bonds is 8. The third-order valence-electron chi connectivity index (χ3n) is 4.00. The van der Waals surface area contributed by atoms with Crippen LogP contribution in [0.3, 0.4) is 0 Å². The maximum absolute atomic E-state index is 12.4. The molecule has 144 valence electrons. The van der Waals surface area contributed by atoms with E-state index in [9.17, 15) is 9.59 Å². The summed E-state index contributed by atoms with van der Waals surface area (Å²) in [6.45, 7) is 1.48. The Labute approximate surface area is 172 Å². The molecule has 1 heterocycles. The number of benzene rings is 2. The lowest BCUT2D eigenvalue weighted by Gasteiger charge is -2.18. The number of thioether (sulfide) groups is 1. The first-order chi connectivity index (χ1) is 13.6. The van der Waals surface area contributed by atoms with E-state index < -0.39 is 11.2 Å². The summed E-state index contributed by atoms with van der Waals surface area (Å²) in [7, 11) is 0. The van der Waals surface area contributed by atoms with Gasteiger partial charge >= 0.3 is 5.97 Å². The summed E-state index contributed by atoms with van der Waals surface area (Å²) in [5.41, 5.74) is 0.984. The van der Waals surface area contributed by atoms with E-state index in [-0.39, 0.29) is 18.6 Å². The van der Waals surface area contributed by atoms with Crippen LogP contribution in [0.2, 0.25) is 0 Å².